The Morgan fingerprint density at radius 2 is 1.69 bits per heavy atom. The number of phenols is 1. The third-order valence-electron chi connectivity index (χ3n) is 4.47. The van der Waals surface area contributed by atoms with Gasteiger partial charge in [-0.2, -0.15) is 0 Å². The first kappa shape index (κ1) is 16.7. The monoisotopic (exact) mass is 361 g/mol. The number of nitrogens with zero attached hydrogens (tertiary/aromatic N) is 1. The first-order valence-electron chi connectivity index (χ1n) is 8.50. The molecule has 0 bridgehead atoms. The fourth-order valence-electron chi connectivity index (χ4n) is 3.10. The number of para-hydroxylation sites is 2. The fourth-order valence-corrected chi connectivity index (χ4v) is 4.34. The van der Waals surface area contributed by atoms with Gasteiger partial charge in [0.2, 0.25) is 0 Å². The lowest BCUT2D eigenvalue weighted by Gasteiger charge is -2.17. The molecule has 1 N–H and O–H groups in total. The van der Waals surface area contributed by atoms with Crippen LogP contribution in [0.3, 0.4) is 0 Å². The molecule has 1 aliphatic rings. The molecular formula is C22H19NO2S. The normalized spacial score (nSPS) is 16.3. The number of aliphatic imine (C=N–C) groups is 1. The summed E-state index contributed by atoms with van der Waals surface area (Å²) in [4.78, 5) is 6.04. The summed E-state index contributed by atoms with van der Waals surface area (Å²) in [6, 6.07) is 23.8. The number of hydrogen-bond acceptors (Lipinski definition) is 4. The average Bonchev–Trinajstić information content (AvgIpc) is 2.88. The van der Waals surface area contributed by atoms with E-state index in [0.29, 0.717) is 0 Å². The molecule has 0 aromatic heterocycles. The molecule has 1 atom stereocenters. The van der Waals surface area contributed by atoms with E-state index >= 15 is 0 Å². The predicted octanol–water partition coefficient (Wildman–Crippen LogP) is 5.76. The Hall–Kier alpha value is -2.72. The number of hydrogen-bond donors (Lipinski definition) is 1. The lowest BCUT2D eigenvalue weighted by atomic mass is 10.0. The van der Waals surface area contributed by atoms with Crippen LogP contribution in [0.1, 0.15) is 22.8 Å². The molecule has 0 radical (unpaired) electrons. The summed E-state index contributed by atoms with van der Waals surface area (Å²) in [5.74, 6) is 1.12. The maximum atomic E-state index is 10.3. The summed E-state index contributed by atoms with van der Waals surface area (Å²) < 4.78 is 5.28. The lowest BCUT2D eigenvalue weighted by molar-refractivity contribution is 0.414. The van der Waals surface area contributed by atoms with E-state index in [9.17, 15) is 5.11 Å². The van der Waals surface area contributed by atoms with Crippen LogP contribution >= 0.6 is 11.8 Å². The topological polar surface area (TPSA) is 41.8 Å². The minimum atomic E-state index is 0.211. The smallest absolute Gasteiger partial charge is 0.124 e. The maximum absolute atomic E-state index is 10.3. The van der Waals surface area contributed by atoms with Gasteiger partial charge >= 0.3 is 0 Å². The van der Waals surface area contributed by atoms with Crippen LogP contribution in [0.4, 0.5) is 5.69 Å². The number of fused-ring (bicyclic) bond motifs is 1. The third kappa shape index (κ3) is 3.33. The summed E-state index contributed by atoms with van der Waals surface area (Å²) in [6.45, 7) is 0. The molecule has 1 aliphatic heterocycles. The van der Waals surface area contributed by atoms with Gasteiger partial charge in [-0.15, -0.1) is 11.8 Å². The van der Waals surface area contributed by atoms with Gasteiger partial charge in [-0.05, 0) is 42.0 Å². The van der Waals surface area contributed by atoms with Gasteiger partial charge in [-0.3, -0.25) is 4.99 Å². The SMILES string of the molecule is COc1ccc(C2CC(c3ccccc3O)=Nc3ccccc3S2)cc1. The molecule has 0 spiro atoms. The first-order chi connectivity index (χ1) is 12.7. The van der Waals surface area contributed by atoms with Crippen molar-refractivity contribution in [2.75, 3.05) is 7.11 Å². The molecule has 130 valence electrons. The molecule has 0 fully saturated rings. The van der Waals surface area contributed by atoms with Crippen LogP contribution in [0.5, 0.6) is 11.5 Å². The Labute approximate surface area is 157 Å². The van der Waals surface area contributed by atoms with E-state index in [1.807, 2.05) is 60.3 Å². The molecule has 3 aromatic carbocycles. The van der Waals surface area contributed by atoms with Crippen molar-refractivity contribution in [1.29, 1.82) is 0 Å². The highest BCUT2D eigenvalue weighted by Gasteiger charge is 2.23. The number of aromatic hydroxyl groups is 1. The molecule has 0 amide bonds. The van der Waals surface area contributed by atoms with Gasteiger partial charge in [0, 0.05) is 22.1 Å². The molecule has 4 rings (SSSR count). The van der Waals surface area contributed by atoms with Crippen molar-refractivity contribution in [3.63, 3.8) is 0 Å². The quantitative estimate of drug-likeness (QED) is 0.645. The van der Waals surface area contributed by atoms with Crippen molar-refractivity contribution < 1.29 is 9.84 Å². The van der Waals surface area contributed by atoms with E-state index in [2.05, 4.69) is 18.2 Å². The Bertz CT molecular complexity index is 950. The van der Waals surface area contributed by atoms with Crippen LogP contribution in [0.25, 0.3) is 0 Å². The molecule has 3 nitrogen and oxygen atoms in total. The van der Waals surface area contributed by atoms with Crippen LogP contribution in [-0.4, -0.2) is 17.9 Å². The van der Waals surface area contributed by atoms with Gasteiger partial charge in [0.15, 0.2) is 0 Å². The molecule has 26 heavy (non-hydrogen) atoms. The summed E-state index contributed by atoms with van der Waals surface area (Å²) in [7, 11) is 1.68. The van der Waals surface area contributed by atoms with Crippen LogP contribution in [-0.2, 0) is 0 Å². The highest BCUT2D eigenvalue weighted by atomic mass is 32.2. The van der Waals surface area contributed by atoms with E-state index in [1.54, 1.807) is 13.2 Å². The summed E-state index contributed by atoms with van der Waals surface area (Å²) in [5, 5.41) is 10.5. The highest BCUT2D eigenvalue weighted by Crippen LogP contribution is 2.46. The summed E-state index contributed by atoms with van der Waals surface area (Å²) >= 11 is 1.81. The molecule has 3 aromatic rings. The van der Waals surface area contributed by atoms with Gasteiger partial charge in [-0.1, -0.05) is 36.4 Å². The van der Waals surface area contributed by atoms with Gasteiger partial charge in [-0.25, -0.2) is 0 Å². The van der Waals surface area contributed by atoms with Crippen molar-refractivity contribution in [3.05, 3.63) is 83.9 Å². The van der Waals surface area contributed by atoms with Gasteiger partial charge in [0.05, 0.1) is 18.5 Å². The third-order valence-corrected chi connectivity index (χ3v) is 5.79. The van der Waals surface area contributed by atoms with E-state index in [4.69, 9.17) is 9.73 Å². The van der Waals surface area contributed by atoms with Crippen LogP contribution in [0.2, 0.25) is 0 Å². The molecule has 1 unspecified atom stereocenters. The van der Waals surface area contributed by atoms with Crippen molar-refractivity contribution in [2.45, 2.75) is 16.6 Å². The van der Waals surface area contributed by atoms with Crippen LogP contribution < -0.4 is 4.74 Å². The van der Waals surface area contributed by atoms with E-state index in [0.717, 1.165) is 34.0 Å². The van der Waals surface area contributed by atoms with Crippen molar-refractivity contribution >= 4 is 23.2 Å². The first-order valence-corrected chi connectivity index (χ1v) is 9.38. The summed E-state index contributed by atoms with van der Waals surface area (Å²) in [5.41, 5.74) is 3.87. The molecule has 0 aliphatic carbocycles. The number of thioether (sulfide) groups is 1. The zero-order valence-corrected chi connectivity index (χ0v) is 15.2. The number of methoxy groups -OCH3 is 1. The zero-order valence-electron chi connectivity index (χ0n) is 14.4. The number of ether oxygens (including phenoxy) is 1. The standard InChI is InChI=1S/C22H19NO2S/c1-25-16-12-10-15(11-13-16)22-14-19(17-6-2-4-8-20(17)24)23-18-7-3-5-9-21(18)26-22/h2-13,22,24H,14H2,1H3. The Morgan fingerprint density at radius 1 is 0.962 bits per heavy atom. The van der Waals surface area contributed by atoms with E-state index in [1.165, 1.54) is 5.56 Å². The average molecular weight is 361 g/mol. The van der Waals surface area contributed by atoms with Gasteiger partial charge in [0.1, 0.15) is 11.5 Å². The van der Waals surface area contributed by atoms with E-state index in [-0.39, 0.29) is 11.0 Å². The maximum Gasteiger partial charge on any atom is 0.124 e. The number of rotatable bonds is 3. The Balaban J connectivity index is 1.78. The van der Waals surface area contributed by atoms with Crippen LogP contribution in [0.15, 0.2) is 82.7 Å². The number of benzene rings is 3. The Morgan fingerprint density at radius 3 is 2.46 bits per heavy atom. The molecule has 0 saturated carbocycles. The minimum absolute atomic E-state index is 0.211. The Kier molecular flexibility index (Phi) is 4.67. The molecule has 4 heteroatoms. The second-order valence-corrected chi connectivity index (χ2v) is 7.37. The van der Waals surface area contributed by atoms with Gasteiger partial charge in [0.25, 0.3) is 0 Å². The van der Waals surface area contributed by atoms with Crippen molar-refractivity contribution in [2.24, 2.45) is 4.99 Å². The van der Waals surface area contributed by atoms with Gasteiger partial charge < -0.3 is 9.84 Å². The minimum Gasteiger partial charge on any atom is -0.507 e. The number of phenolic OH excluding ortho intramolecular Hbond substituents is 1. The molecule has 0 saturated heterocycles. The van der Waals surface area contributed by atoms with Crippen molar-refractivity contribution in [3.8, 4) is 11.5 Å². The fraction of sp³-hybridized carbons (Fsp3) is 0.136. The summed E-state index contributed by atoms with van der Waals surface area (Å²) in [6.07, 6.45) is 0.739. The molecule has 1 heterocycles. The highest BCUT2D eigenvalue weighted by molar-refractivity contribution is 7.99. The second-order valence-electron chi connectivity index (χ2n) is 6.13. The zero-order chi connectivity index (χ0) is 17.9. The second kappa shape index (κ2) is 7.26. The van der Waals surface area contributed by atoms with E-state index < -0.39 is 0 Å². The van der Waals surface area contributed by atoms with Crippen molar-refractivity contribution in [1.82, 2.24) is 0 Å². The lowest BCUT2D eigenvalue weighted by Crippen LogP contribution is -2.05. The predicted molar refractivity (Wildman–Crippen MR) is 107 cm³/mol. The molecular weight excluding hydrogens is 342 g/mol. The van der Waals surface area contributed by atoms with Crippen LogP contribution in [0, 0.1) is 0 Å². The largest absolute Gasteiger partial charge is 0.507 e.